The van der Waals surface area contributed by atoms with Crippen LogP contribution in [0.2, 0.25) is 0 Å². The molecule has 0 bridgehead atoms. The third-order valence-electron chi connectivity index (χ3n) is 3.21. The molecule has 0 saturated heterocycles. The van der Waals surface area contributed by atoms with Crippen molar-refractivity contribution in [1.82, 2.24) is 9.78 Å². The molecule has 0 atom stereocenters. The van der Waals surface area contributed by atoms with Crippen molar-refractivity contribution in [2.24, 2.45) is 7.05 Å². The normalized spacial score (nSPS) is 10.8. The number of methoxy groups -OCH3 is 1. The molecule has 2 rings (SSSR count). The summed E-state index contributed by atoms with van der Waals surface area (Å²) in [7, 11) is 3.50. The SMILES string of the molecule is CCOCCc1nn(C)c(N)c1-c1cccc(OC)c1. The minimum Gasteiger partial charge on any atom is -0.497 e. The van der Waals surface area contributed by atoms with E-state index in [4.69, 9.17) is 15.2 Å². The van der Waals surface area contributed by atoms with Gasteiger partial charge in [-0.2, -0.15) is 5.10 Å². The Kier molecular flexibility index (Phi) is 4.63. The molecule has 0 unspecified atom stereocenters. The molecule has 1 aromatic carbocycles. The molecule has 0 aliphatic carbocycles. The predicted molar refractivity (Wildman–Crippen MR) is 79.8 cm³/mol. The molecule has 1 aromatic heterocycles. The fourth-order valence-electron chi connectivity index (χ4n) is 2.18. The van der Waals surface area contributed by atoms with Gasteiger partial charge in [-0.05, 0) is 24.6 Å². The number of ether oxygens (including phenoxy) is 2. The highest BCUT2D eigenvalue weighted by Gasteiger charge is 2.16. The van der Waals surface area contributed by atoms with E-state index in [-0.39, 0.29) is 0 Å². The van der Waals surface area contributed by atoms with E-state index < -0.39 is 0 Å². The second kappa shape index (κ2) is 6.43. The number of hydrogen-bond acceptors (Lipinski definition) is 4. The number of nitrogens with zero attached hydrogens (tertiary/aromatic N) is 2. The Balaban J connectivity index is 2.37. The van der Waals surface area contributed by atoms with Crippen LogP contribution in [-0.4, -0.2) is 30.1 Å². The molecule has 0 radical (unpaired) electrons. The maximum absolute atomic E-state index is 6.15. The van der Waals surface area contributed by atoms with Crippen molar-refractivity contribution < 1.29 is 9.47 Å². The second-order valence-corrected chi connectivity index (χ2v) is 4.51. The summed E-state index contributed by atoms with van der Waals surface area (Å²) in [5.41, 5.74) is 9.08. The van der Waals surface area contributed by atoms with E-state index in [1.54, 1.807) is 11.8 Å². The van der Waals surface area contributed by atoms with Gasteiger partial charge in [-0.3, -0.25) is 4.68 Å². The minimum atomic E-state index is 0.643. The third-order valence-corrected chi connectivity index (χ3v) is 3.21. The van der Waals surface area contributed by atoms with Gasteiger partial charge in [0.1, 0.15) is 11.6 Å². The zero-order valence-electron chi connectivity index (χ0n) is 12.2. The van der Waals surface area contributed by atoms with Gasteiger partial charge in [0.25, 0.3) is 0 Å². The molecule has 108 valence electrons. The van der Waals surface area contributed by atoms with Crippen LogP contribution in [-0.2, 0) is 18.2 Å². The molecule has 0 aliphatic heterocycles. The molecule has 0 saturated carbocycles. The molecule has 0 spiro atoms. The summed E-state index contributed by atoms with van der Waals surface area (Å²) in [6.07, 6.45) is 0.741. The molecular weight excluding hydrogens is 254 g/mol. The van der Waals surface area contributed by atoms with Crippen molar-refractivity contribution in [2.45, 2.75) is 13.3 Å². The van der Waals surface area contributed by atoms with Crippen LogP contribution >= 0.6 is 0 Å². The fraction of sp³-hybridized carbons (Fsp3) is 0.400. The topological polar surface area (TPSA) is 62.3 Å². The number of hydrogen-bond donors (Lipinski definition) is 1. The van der Waals surface area contributed by atoms with Crippen LogP contribution in [0.1, 0.15) is 12.6 Å². The molecule has 5 heteroatoms. The number of benzene rings is 1. The van der Waals surface area contributed by atoms with Gasteiger partial charge in [0.2, 0.25) is 0 Å². The Labute approximate surface area is 119 Å². The molecule has 2 aromatic rings. The molecule has 5 nitrogen and oxygen atoms in total. The lowest BCUT2D eigenvalue weighted by molar-refractivity contribution is 0.150. The predicted octanol–water partition coefficient (Wildman–Crippen LogP) is 2.26. The second-order valence-electron chi connectivity index (χ2n) is 4.51. The maximum atomic E-state index is 6.15. The van der Waals surface area contributed by atoms with Crippen molar-refractivity contribution in [3.8, 4) is 16.9 Å². The fourth-order valence-corrected chi connectivity index (χ4v) is 2.18. The van der Waals surface area contributed by atoms with E-state index in [9.17, 15) is 0 Å². The van der Waals surface area contributed by atoms with E-state index in [1.807, 2.05) is 38.2 Å². The number of rotatable bonds is 6. The monoisotopic (exact) mass is 275 g/mol. The minimum absolute atomic E-state index is 0.643. The van der Waals surface area contributed by atoms with Crippen LogP contribution in [0.5, 0.6) is 5.75 Å². The average molecular weight is 275 g/mol. The Morgan fingerprint density at radius 2 is 2.15 bits per heavy atom. The highest BCUT2D eigenvalue weighted by Crippen LogP contribution is 2.31. The number of aromatic nitrogens is 2. The van der Waals surface area contributed by atoms with E-state index in [0.717, 1.165) is 29.0 Å². The summed E-state index contributed by atoms with van der Waals surface area (Å²) >= 11 is 0. The first-order valence-electron chi connectivity index (χ1n) is 6.70. The Morgan fingerprint density at radius 1 is 1.35 bits per heavy atom. The maximum Gasteiger partial charge on any atom is 0.129 e. The van der Waals surface area contributed by atoms with Gasteiger partial charge >= 0.3 is 0 Å². The number of anilines is 1. The smallest absolute Gasteiger partial charge is 0.129 e. The van der Waals surface area contributed by atoms with Gasteiger partial charge in [0.05, 0.1) is 19.4 Å². The quantitative estimate of drug-likeness (QED) is 0.821. The van der Waals surface area contributed by atoms with Gasteiger partial charge in [0.15, 0.2) is 0 Å². The first-order valence-corrected chi connectivity index (χ1v) is 6.70. The van der Waals surface area contributed by atoms with Crippen LogP contribution in [0.25, 0.3) is 11.1 Å². The van der Waals surface area contributed by atoms with Gasteiger partial charge in [0, 0.05) is 25.6 Å². The van der Waals surface area contributed by atoms with Crippen molar-refractivity contribution in [3.05, 3.63) is 30.0 Å². The van der Waals surface area contributed by atoms with Crippen LogP contribution in [0.4, 0.5) is 5.82 Å². The lowest BCUT2D eigenvalue weighted by atomic mass is 10.0. The first kappa shape index (κ1) is 14.4. The van der Waals surface area contributed by atoms with E-state index in [1.165, 1.54) is 0 Å². The molecule has 0 amide bonds. The number of nitrogen functional groups attached to an aromatic ring is 1. The van der Waals surface area contributed by atoms with Crippen LogP contribution in [0.15, 0.2) is 24.3 Å². The Morgan fingerprint density at radius 3 is 2.85 bits per heavy atom. The first-order chi connectivity index (χ1) is 9.67. The highest BCUT2D eigenvalue weighted by atomic mass is 16.5. The van der Waals surface area contributed by atoms with E-state index >= 15 is 0 Å². The van der Waals surface area contributed by atoms with Gasteiger partial charge in [-0.25, -0.2) is 0 Å². The number of nitrogens with two attached hydrogens (primary N) is 1. The average Bonchev–Trinajstić information content (AvgIpc) is 2.74. The largest absolute Gasteiger partial charge is 0.497 e. The Bertz CT molecular complexity index is 578. The summed E-state index contributed by atoms with van der Waals surface area (Å²) in [5, 5.41) is 4.48. The standard InChI is InChI=1S/C15H21N3O2/c1-4-20-9-8-13-14(15(16)18(2)17-13)11-6-5-7-12(10-11)19-3/h5-7,10H,4,8-9,16H2,1-3H3. The third kappa shape index (κ3) is 2.93. The van der Waals surface area contributed by atoms with E-state index in [2.05, 4.69) is 5.10 Å². The summed E-state index contributed by atoms with van der Waals surface area (Å²) < 4.78 is 12.4. The lowest BCUT2D eigenvalue weighted by Gasteiger charge is -2.06. The van der Waals surface area contributed by atoms with Crippen molar-refractivity contribution in [1.29, 1.82) is 0 Å². The van der Waals surface area contributed by atoms with Gasteiger partial charge < -0.3 is 15.2 Å². The zero-order valence-corrected chi connectivity index (χ0v) is 12.2. The summed E-state index contributed by atoms with van der Waals surface area (Å²) in [4.78, 5) is 0. The summed E-state index contributed by atoms with van der Waals surface area (Å²) in [5.74, 6) is 1.46. The summed E-state index contributed by atoms with van der Waals surface area (Å²) in [6, 6.07) is 7.85. The van der Waals surface area contributed by atoms with Gasteiger partial charge in [-0.15, -0.1) is 0 Å². The van der Waals surface area contributed by atoms with Crippen molar-refractivity contribution >= 4 is 5.82 Å². The van der Waals surface area contributed by atoms with Crippen molar-refractivity contribution in [3.63, 3.8) is 0 Å². The van der Waals surface area contributed by atoms with E-state index in [0.29, 0.717) is 19.0 Å². The zero-order chi connectivity index (χ0) is 14.5. The lowest BCUT2D eigenvalue weighted by Crippen LogP contribution is -2.00. The molecule has 0 aliphatic rings. The summed E-state index contributed by atoms with van der Waals surface area (Å²) in [6.45, 7) is 3.33. The van der Waals surface area contributed by atoms with Crippen molar-refractivity contribution in [2.75, 3.05) is 26.1 Å². The molecular formula is C15H21N3O2. The molecule has 20 heavy (non-hydrogen) atoms. The molecule has 2 N–H and O–H groups in total. The molecule has 0 fully saturated rings. The van der Waals surface area contributed by atoms with Crippen LogP contribution in [0.3, 0.4) is 0 Å². The Hall–Kier alpha value is -2.01. The number of aryl methyl sites for hydroxylation is 1. The van der Waals surface area contributed by atoms with Crippen LogP contribution < -0.4 is 10.5 Å². The van der Waals surface area contributed by atoms with Crippen LogP contribution in [0, 0.1) is 0 Å². The van der Waals surface area contributed by atoms with Gasteiger partial charge in [-0.1, -0.05) is 12.1 Å². The molecule has 1 heterocycles. The highest BCUT2D eigenvalue weighted by molar-refractivity contribution is 5.77.